The highest BCUT2D eigenvalue weighted by molar-refractivity contribution is 7.85. The second kappa shape index (κ2) is 8.72. The quantitative estimate of drug-likeness (QED) is 0.488. The molecule has 11 heteroatoms. The molecule has 0 spiro atoms. The maximum absolute atomic E-state index is 12.7. The first kappa shape index (κ1) is 20.1. The van der Waals surface area contributed by atoms with Crippen molar-refractivity contribution in [3.05, 3.63) is 35.1 Å². The molecule has 1 saturated heterocycles. The number of halogens is 1. The molecule has 0 aromatic carbocycles. The summed E-state index contributed by atoms with van der Waals surface area (Å²) in [4.78, 5) is 9.73. The molecule has 3 aromatic rings. The zero-order valence-electron chi connectivity index (χ0n) is 16.1. The molecule has 2 fully saturated rings. The summed E-state index contributed by atoms with van der Waals surface area (Å²) < 4.78 is 21.9. The molecule has 1 unspecified atom stereocenters. The molecule has 3 aromatic heterocycles. The number of aromatic amines is 1. The van der Waals surface area contributed by atoms with Crippen LogP contribution >= 0.6 is 22.9 Å². The summed E-state index contributed by atoms with van der Waals surface area (Å²) >= 11 is 7.70. The van der Waals surface area contributed by atoms with Crippen molar-refractivity contribution in [2.24, 2.45) is 0 Å². The van der Waals surface area contributed by atoms with Crippen molar-refractivity contribution >= 4 is 45.6 Å². The van der Waals surface area contributed by atoms with Gasteiger partial charge in [-0.25, -0.2) is 18.9 Å². The van der Waals surface area contributed by atoms with Gasteiger partial charge < -0.3 is 10.1 Å². The maximum Gasteiger partial charge on any atom is 0.171 e. The fourth-order valence-electron chi connectivity index (χ4n) is 3.26. The Kier molecular flexibility index (Phi) is 5.83. The van der Waals surface area contributed by atoms with Crippen LogP contribution in [0.5, 0.6) is 0 Å². The Hall–Kier alpha value is -1.85. The van der Waals surface area contributed by atoms with Gasteiger partial charge in [-0.2, -0.15) is 5.10 Å². The van der Waals surface area contributed by atoms with Crippen LogP contribution < -0.4 is 10.0 Å². The molecule has 30 heavy (non-hydrogen) atoms. The molecule has 0 amide bonds. The molecule has 1 atom stereocenters. The van der Waals surface area contributed by atoms with Crippen LogP contribution in [0, 0.1) is 0 Å². The van der Waals surface area contributed by atoms with Gasteiger partial charge >= 0.3 is 0 Å². The zero-order valence-corrected chi connectivity index (χ0v) is 18.4. The molecule has 158 valence electrons. The summed E-state index contributed by atoms with van der Waals surface area (Å²) in [5, 5.41) is 10.9. The monoisotopic (exact) mass is 464 g/mol. The summed E-state index contributed by atoms with van der Waals surface area (Å²) in [5.74, 6) is 2.29. The Labute approximate surface area is 185 Å². The van der Waals surface area contributed by atoms with Gasteiger partial charge in [-0.15, -0.1) is 11.3 Å². The summed E-state index contributed by atoms with van der Waals surface area (Å²) in [6, 6.07) is 5.94. The van der Waals surface area contributed by atoms with Crippen LogP contribution in [0.25, 0.3) is 10.7 Å². The Bertz CT molecular complexity index is 1060. The van der Waals surface area contributed by atoms with Gasteiger partial charge in [0.1, 0.15) is 20.2 Å². The number of aromatic nitrogens is 4. The van der Waals surface area contributed by atoms with E-state index in [-0.39, 0.29) is 6.04 Å². The fourth-order valence-corrected chi connectivity index (χ4v) is 5.64. The van der Waals surface area contributed by atoms with E-state index in [2.05, 4.69) is 30.2 Å². The van der Waals surface area contributed by atoms with Crippen LogP contribution in [-0.2, 0) is 15.7 Å². The molecule has 0 bridgehead atoms. The average molecular weight is 465 g/mol. The topological polar surface area (TPSA) is 105 Å². The minimum Gasteiger partial charge on any atom is -0.381 e. The maximum atomic E-state index is 12.7. The van der Waals surface area contributed by atoms with Gasteiger partial charge in [0.05, 0.1) is 11.1 Å². The molecule has 1 aliphatic carbocycles. The molecular weight excluding hydrogens is 444 g/mol. The molecule has 8 nitrogen and oxygen atoms in total. The molecule has 1 saturated carbocycles. The zero-order chi connectivity index (χ0) is 20.5. The summed E-state index contributed by atoms with van der Waals surface area (Å²) in [6.07, 6.45) is 5.71. The fraction of sp³-hybridized carbons (Fsp3) is 0.421. The highest BCUT2D eigenvalue weighted by atomic mass is 35.5. The van der Waals surface area contributed by atoms with Crippen molar-refractivity contribution in [1.29, 1.82) is 0 Å². The van der Waals surface area contributed by atoms with Crippen molar-refractivity contribution in [2.75, 3.05) is 18.5 Å². The van der Waals surface area contributed by atoms with Gasteiger partial charge in [0.2, 0.25) is 0 Å². The van der Waals surface area contributed by atoms with Crippen LogP contribution in [0.15, 0.2) is 28.6 Å². The normalized spacial score (nSPS) is 18.4. The summed E-state index contributed by atoms with van der Waals surface area (Å²) in [7, 11) is -1.27. The van der Waals surface area contributed by atoms with E-state index < -0.39 is 11.0 Å². The van der Waals surface area contributed by atoms with Crippen LogP contribution in [0.2, 0.25) is 5.02 Å². The van der Waals surface area contributed by atoms with Gasteiger partial charge in [-0.05, 0) is 37.8 Å². The Balaban J connectivity index is 1.30. The van der Waals surface area contributed by atoms with Crippen LogP contribution in [-0.4, -0.2) is 43.6 Å². The molecular formula is C19H21ClN6O2S2. The molecule has 0 radical (unpaired) electrons. The lowest BCUT2D eigenvalue weighted by Crippen LogP contribution is -2.35. The molecule has 1 aliphatic heterocycles. The highest BCUT2D eigenvalue weighted by Crippen LogP contribution is 2.40. The third kappa shape index (κ3) is 4.57. The third-order valence-corrected chi connectivity index (χ3v) is 7.99. The second-order valence-corrected chi connectivity index (χ2v) is 10.4. The first-order valence-electron chi connectivity index (χ1n) is 9.86. The molecule has 5 rings (SSSR count). The smallest absolute Gasteiger partial charge is 0.171 e. The number of hydrogen-bond donors (Lipinski definition) is 3. The lowest BCUT2D eigenvalue weighted by molar-refractivity contribution is 0.0835. The second-order valence-electron chi connectivity index (χ2n) is 7.39. The van der Waals surface area contributed by atoms with Crippen LogP contribution in [0.1, 0.15) is 37.3 Å². The van der Waals surface area contributed by atoms with Crippen molar-refractivity contribution in [3.63, 3.8) is 0 Å². The Morgan fingerprint density at radius 2 is 2.07 bits per heavy atom. The summed E-state index contributed by atoms with van der Waals surface area (Å²) in [6.45, 7) is 1.41. The minimum atomic E-state index is -1.27. The van der Waals surface area contributed by atoms with Crippen molar-refractivity contribution < 1.29 is 8.95 Å². The van der Waals surface area contributed by atoms with Crippen molar-refractivity contribution in [2.45, 2.75) is 41.9 Å². The van der Waals surface area contributed by atoms with E-state index in [0.29, 0.717) is 41.6 Å². The SMILES string of the molecule is O=S(NC1CCOCC1)c1ccc(-c2ncc(Cl)c(Nc3cc(C4CC4)[nH]n3)n2)s1. The van der Waals surface area contributed by atoms with E-state index in [9.17, 15) is 4.21 Å². The standard InChI is InChI=1S/C19H21ClN6O2S2/c20-13-10-21-19(23-18(13)22-16-9-14(24-25-16)11-1-2-11)15-3-4-17(29-15)30(27)26-12-5-7-28-8-6-12/h3-4,9-12,26H,1-2,5-8H2,(H2,21,22,23,24,25). The minimum absolute atomic E-state index is 0.210. The average Bonchev–Trinajstić information content (AvgIpc) is 3.30. The van der Waals surface area contributed by atoms with Gasteiger partial charge in [0.25, 0.3) is 0 Å². The predicted molar refractivity (Wildman–Crippen MR) is 118 cm³/mol. The number of nitrogens with zero attached hydrogens (tertiary/aromatic N) is 3. The largest absolute Gasteiger partial charge is 0.381 e. The number of nitrogens with one attached hydrogen (secondary N) is 3. The van der Waals surface area contributed by atoms with Gasteiger partial charge in [-0.1, -0.05) is 11.6 Å². The van der Waals surface area contributed by atoms with Crippen LogP contribution in [0.3, 0.4) is 0 Å². The van der Waals surface area contributed by atoms with Crippen LogP contribution in [0.4, 0.5) is 11.6 Å². The lowest BCUT2D eigenvalue weighted by Gasteiger charge is -2.22. The molecule has 3 N–H and O–H groups in total. The van der Waals surface area contributed by atoms with E-state index in [1.807, 2.05) is 18.2 Å². The van der Waals surface area contributed by atoms with Crippen molar-refractivity contribution in [1.82, 2.24) is 24.9 Å². The Morgan fingerprint density at radius 3 is 2.87 bits per heavy atom. The number of rotatable bonds is 7. The third-order valence-electron chi connectivity index (χ3n) is 5.08. The van der Waals surface area contributed by atoms with Gasteiger partial charge in [0.15, 0.2) is 17.5 Å². The molecule has 4 heterocycles. The highest BCUT2D eigenvalue weighted by Gasteiger charge is 2.25. The van der Waals surface area contributed by atoms with Gasteiger partial charge in [-0.3, -0.25) is 5.10 Å². The number of thiophene rings is 1. The van der Waals surface area contributed by atoms with Gasteiger partial charge in [0, 0.05) is 36.9 Å². The van der Waals surface area contributed by atoms with E-state index >= 15 is 0 Å². The molecule has 2 aliphatic rings. The van der Waals surface area contributed by atoms with E-state index in [1.165, 1.54) is 24.2 Å². The first-order valence-corrected chi connectivity index (χ1v) is 12.2. The lowest BCUT2D eigenvalue weighted by atomic mass is 10.1. The summed E-state index contributed by atoms with van der Waals surface area (Å²) in [5.41, 5.74) is 1.13. The Morgan fingerprint density at radius 1 is 1.23 bits per heavy atom. The number of hydrogen-bond acceptors (Lipinski definition) is 7. The number of ether oxygens (including phenoxy) is 1. The first-order chi connectivity index (χ1) is 14.7. The number of H-pyrrole nitrogens is 1. The predicted octanol–water partition coefficient (Wildman–Crippen LogP) is 3.99. The number of anilines is 2. The van der Waals surface area contributed by atoms with E-state index in [0.717, 1.165) is 27.6 Å². The van der Waals surface area contributed by atoms with E-state index in [4.69, 9.17) is 16.3 Å². The van der Waals surface area contributed by atoms with Crippen molar-refractivity contribution in [3.8, 4) is 10.7 Å². The van der Waals surface area contributed by atoms with E-state index in [1.54, 1.807) is 6.20 Å².